The summed E-state index contributed by atoms with van der Waals surface area (Å²) in [6.07, 6.45) is 1.57. The highest BCUT2D eigenvalue weighted by Crippen LogP contribution is 2.27. The van der Waals surface area contributed by atoms with Crippen LogP contribution >= 0.6 is 0 Å². The van der Waals surface area contributed by atoms with Crippen LogP contribution in [-0.4, -0.2) is 25.1 Å². The zero-order valence-corrected chi connectivity index (χ0v) is 16.2. The van der Waals surface area contributed by atoms with Crippen LogP contribution in [0.1, 0.15) is 21.6 Å². The van der Waals surface area contributed by atoms with E-state index in [1.807, 2.05) is 18.2 Å². The first-order chi connectivity index (χ1) is 14.1. The van der Waals surface area contributed by atoms with E-state index in [0.717, 1.165) is 16.8 Å². The fraction of sp³-hybridized carbons (Fsp3) is 0.182. The first-order valence-electron chi connectivity index (χ1n) is 9.02. The fourth-order valence-corrected chi connectivity index (χ4v) is 2.73. The van der Waals surface area contributed by atoms with Gasteiger partial charge in [0.2, 0.25) is 0 Å². The largest absolute Gasteiger partial charge is 0.493 e. The van der Waals surface area contributed by atoms with E-state index in [0.29, 0.717) is 30.3 Å². The highest BCUT2D eigenvalue weighted by molar-refractivity contribution is 5.93. The highest BCUT2D eigenvalue weighted by atomic mass is 19.1. The standard InChI is InChI=1S/C22H22FN3O3/c1-28-20-8-5-16(11-21(20)29-2)14-25-18-9-10-24-19(12-18)22(27)26-13-15-3-6-17(23)7-4-15/h3-12H,13-14H2,1-2H3,(H,24,25)(H,26,27). The molecule has 0 saturated heterocycles. The fourth-order valence-electron chi connectivity index (χ4n) is 2.73. The van der Waals surface area contributed by atoms with Gasteiger partial charge in [0.15, 0.2) is 11.5 Å². The maximum atomic E-state index is 13.0. The van der Waals surface area contributed by atoms with E-state index in [9.17, 15) is 9.18 Å². The molecular formula is C22H22FN3O3. The Kier molecular flexibility index (Phi) is 6.63. The number of aromatic nitrogens is 1. The molecule has 1 amide bonds. The lowest BCUT2D eigenvalue weighted by atomic mass is 10.2. The molecule has 3 aromatic rings. The molecule has 7 heteroatoms. The minimum atomic E-state index is -0.310. The molecule has 0 fully saturated rings. The summed E-state index contributed by atoms with van der Waals surface area (Å²) in [7, 11) is 3.18. The summed E-state index contributed by atoms with van der Waals surface area (Å²) < 4.78 is 23.5. The molecule has 0 saturated carbocycles. The molecule has 2 N–H and O–H groups in total. The molecule has 0 aliphatic carbocycles. The van der Waals surface area contributed by atoms with E-state index in [1.54, 1.807) is 44.7 Å². The number of amides is 1. The van der Waals surface area contributed by atoms with Crippen LogP contribution in [0.15, 0.2) is 60.8 Å². The Bertz CT molecular complexity index is 977. The Morgan fingerprint density at radius 2 is 1.66 bits per heavy atom. The van der Waals surface area contributed by atoms with Crippen LogP contribution in [-0.2, 0) is 13.1 Å². The topological polar surface area (TPSA) is 72.5 Å². The van der Waals surface area contributed by atoms with Crippen molar-refractivity contribution in [1.82, 2.24) is 10.3 Å². The molecule has 0 aliphatic heterocycles. The first kappa shape index (κ1) is 20.1. The molecule has 150 valence electrons. The highest BCUT2D eigenvalue weighted by Gasteiger charge is 2.09. The second-order valence-corrected chi connectivity index (χ2v) is 6.28. The van der Waals surface area contributed by atoms with E-state index in [-0.39, 0.29) is 11.7 Å². The van der Waals surface area contributed by atoms with Gasteiger partial charge in [0.1, 0.15) is 11.5 Å². The van der Waals surface area contributed by atoms with E-state index >= 15 is 0 Å². The lowest BCUT2D eigenvalue weighted by Gasteiger charge is -2.11. The number of anilines is 1. The van der Waals surface area contributed by atoms with Gasteiger partial charge in [-0.1, -0.05) is 18.2 Å². The summed E-state index contributed by atoms with van der Waals surface area (Å²) in [6.45, 7) is 0.838. The maximum Gasteiger partial charge on any atom is 0.270 e. The van der Waals surface area contributed by atoms with Crippen molar-refractivity contribution < 1.29 is 18.7 Å². The van der Waals surface area contributed by atoms with Crippen molar-refractivity contribution in [2.45, 2.75) is 13.1 Å². The van der Waals surface area contributed by atoms with Crippen molar-refractivity contribution in [2.24, 2.45) is 0 Å². The second-order valence-electron chi connectivity index (χ2n) is 6.28. The van der Waals surface area contributed by atoms with Gasteiger partial charge >= 0.3 is 0 Å². The van der Waals surface area contributed by atoms with Crippen LogP contribution in [0.2, 0.25) is 0 Å². The Morgan fingerprint density at radius 3 is 2.38 bits per heavy atom. The normalized spacial score (nSPS) is 10.3. The van der Waals surface area contributed by atoms with Crippen LogP contribution in [0, 0.1) is 5.82 Å². The molecule has 0 bridgehead atoms. The van der Waals surface area contributed by atoms with Gasteiger partial charge in [-0.2, -0.15) is 0 Å². The van der Waals surface area contributed by atoms with Crippen molar-refractivity contribution in [1.29, 1.82) is 0 Å². The molecule has 1 aromatic heterocycles. The van der Waals surface area contributed by atoms with Gasteiger partial charge in [0.05, 0.1) is 14.2 Å². The predicted octanol–water partition coefficient (Wildman–Crippen LogP) is 3.78. The summed E-state index contributed by atoms with van der Waals surface area (Å²) >= 11 is 0. The number of methoxy groups -OCH3 is 2. The van der Waals surface area contributed by atoms with Gasteiger partial charge in [-0.3, -0.25) is 9.78 Å². The first-order valence-corrected chi connectivity index (χ1v) is 9.02. The van der Waals surface area contributed by atoms with Crippen LogP contribution in [0.4, 0.5) is 10.1 Å². The van der Waals surface area contributed by atoms with Gasteiger partial charge in [-0.25, -0.2) is 4.39 Å². The lowest BCUT2D eigenvalue weighted by Crippen LogP contribution is -2.23. The molecule has 0 spiro atoms. The monoisotopic (exact) mass is 395 g/mol. The molecule has 1 heterocycles. The molecule has 0 atom stereocenters. The van der Waals surface area contributed by atoms with Crippen LogP contribution in [0.3, 0.4) is 0 Å². The second kappa shape index (κ2) is 9.54. The predicted molar refractivity (Wildman–Crippen MR) is 109 cm³/mol. The van der Waals surface area contributed by atoms with Gasteiger partial charge < -0.3 is 20.1 Å². The smallest absolute Gasteiger partial charge is 0.270 e. The minimum Gasteiger partial charge on any atom is -0.493 e. The zero-order chi connectivity index (χ0) is 20.6. The van der Waals surface area contributed by atoms with Gasteiger partial charge in [0, 0.05) is 25.0 Å². The van der Waals surface area contributed by atoms with E-state index in [1.165, 1.54) is 12.1 Å². The van der Waals surface area contributed by atoms with Gasteiger partial charge in [-0.15, -0.1) is 0 Å². The van der Waals surface area contributed by atoms with Crippen molar-refractivity contribution in [3.8, 4) is 11.5 Å². The molecule has 3 rings (SSSR count). The summed E-state index contributed by atoms with van der Waals surface area (Å²) in [5.41, 5.74) is 2.87. The molecular weight excluding hydrogens is 373 g/mol. The number of halogens is 1. The number of hydrogen-bond acceptors (Lipinski definition) is 5. The van der Waals surface area contributed by atoms with E-state index in [4.69, 9.17) is 9.47 Å². The number of benzene rings is 2. The van der Waals surface area contributed by atoms with Crippen molar-refractivity contribution in [3.05, 3.63) is 83.4 Å². The summed E-state index contributed by atoms with van der Waals surface area (Å²) in [5.74, 6) is 0.710. The van der Waals surface area contributed by atoms with E-state index in [2.05, 4.69) is 15.6 Å². The zero-order valence-electron chi connectivity index (χ0n) is 16.2. The number of carbonyl (C=O) groups excluding carboxylic acids is 1. The minimum absolute atomic E-state index is 0.296. The number of ether oxygens (including phenoxy) is 2. The Hall–Kier alpha value is -3.61. The Morgan fingerprint density at radius 1 is 0.931 bits per heavy atom. The number of rotatable bonds is 8. The third kappa shape index (κ3) is 5.44. The molecule has 0 aliphatic rings. The van der Waals surface area contributed by atoms with Crippen LogP contribution in [0.5, 0.6) is 11.5 Å². The summed E-state index contributed by atoms with van der Waals surface area (Å²) in [5, 5.41) is 6.05. The molecule has 6 nitrogen and oxygen atoms in total. The number of pyridine rings is 1. The average molecular weight is 395 g/mol. The van der Waals surface area contributed by atoms with E-state index < -0.39 is 0 Å². The number of nitrogens with zero attached hydrogens (tertiary/aromatic N) is 1. The summed E-state index contributed by atoms with van der Waals surface area (Å²) in [6, 6.07) is 15.1. The van der Waals surface area contributed by atoms with Crippen molar-refractivity contribution >= 4 is 11.6 Å². The number of hydrogen-bond donors (Lipinski definition) is 2. The van der Waals surface area contributed by atoms with Gasteiger partial charge in [-0.05, 0) is 47.5 Å². The maximum absolute atomic E-state index is 13.0. The van der Waals surface area contributed by atoms with Crippen molar-refractivity contribution in [2.75, 3.05) is 19.5 Å². The number of carbonyl (C=O) groups is 1. The third-order valence-electron chi connectivity index (χ3n) is 4.30. The van der Waals surface area contributed by atoms with Crippen LogP contribution in [0.25, 0.3) is 0 Å². The number of nitrogens with one attached hydrogen (secondary N) is 2. The molecule has 0 unspecified atom stereocenters. The molecule has 29 heavy (non-hydrogen) atoms. The molecule has 0 radical (unpaired) electrons. The van der Waals surface area contributed by atoms with Gasteiger partial charge in [0.25, 0.3) is 5.91 Å². The quantitative estimate of drug-likeness (QED) is 0.607. The Labute approximate surface area is 168 Å². The summed E-state index contributed by atoms with van der Waals surface area (Å²) in [4.78, 5) is 16.5. The average Bonchev–Trinajstić information content (AvgIpc) is 2.77. The van der Waals surface area contributed by atoms with Crippen LogP contribution < -0.4 is 20.1 Å². The van der Waals surface area contributed by atoms with Crippen molar-refractivity contribution in [3.63, 3.8) is 0 Å². The molecule has 2 aromatic carbocycles. The lowest BCUT2D eigenvalue weighted by molar-refractivity contribution is 0.0946. The Balaban J connectivity index is 1.60. The third-order valence-corrected chi connectivity index (χ3v) is 4.30. The SMILES string of the molecule is COc1ccc(CNc2ccnc(C(=O)NCc3ccc(F)cc3)c2)cc1OC.